The molecule has 0 bridgehead atoms. The van der Waals surface area contributed by atoms with Crippen LogP contribution in [0, 0.1) is 13.8 Å². The quantitative estimate of drug-likeness (QED) is 0.489. The summed E-state index contributed by atoms with van der Waals surface area (Å²) < 4.78 is 0. The smallest absolute Gasteiger partial charge is 0.238 e. The van der Waals surface area contributed by atoms with Crippen molar-refractivity contribution in [2.24, 2.45) is 0 Å². The number of anilines is 2. The maximum atomic E-state index is 12.6. The Labute approximate surface area is 197 Å². The molecule has 0 aromatic heterocycles. The number of rotatable bonds is 4. The van der Waals surface area contributed by atoms with Gasteiger partial charge in [-0.1, -0.05) is 59.7 Å². The van der Waals surface area contributed by atoms with Crippen LogP contribution in [0.15, 0.2) is 72.8 Å². The van der Waals surface area contributed by atoms with Gasteiger partial charge in [0, 0.05) is 11.4 Å². The fourth-order valence-corrected chi connectivity index (χ4v) is 6.49. The first-order chi connectivity index (χ1) is 15.5. The van der Waals surface area contributed by atoms with E-state index < -0.39 is 0 Å². The van der Waals surface area contributed by atoms with Gasteiger partial charge in [-0.15, -0.1) is 23.5 Å². The van der Waals surface area contributed by atoms with Crippen molar-refractivity contribution in [1.29, 1.82) is 0 Å². The molecular weight excluding hydrogens is 436 g/mol. The minimum absolute atomic E-state index is 0.0367. The summed E-state index contributed by atoms with van der Waals surface area (Å²) in [6, 6.07) is 24.6. The highest BCUT2D eigenvalue weighted by Crippen LogP contribution is 2.44. The van der Waals surface area contributed by atoms with Crippen LogP contribution in [-0.4, -0.2) is 23.3 Å². The lowest BCUT2D eigenvalue weighted by Crippen LogP contribution is -2.28. The number of benzene rings is 3. The summed E-state index contributed by atoms with van der Waals surface area (Å²) in [4.78, 5) is 29.1. The SMILES string of the molecule is Cc1ccc(N2C(=O)CS[C@H]2c2ccc([C@@H]3SCC(=O)N3c3ccc(C)cc3)cc2)cc1. The third kappa shape index (κ3) is 3.93. The molecule has 0 aliphatic carbocycles. The van der Waals surface area contributed by atoms with E-state index in [1.807, 2.05) is 72.2 Å². The number of nitrogens with zero attached hydrogens (tertiary/aromatic N) is 2. The molecule has 32 heavy (non-hydrogen) atoms. The number of hydrogen-bond acceptors (Lipinski definition) is 4. The molecule has 3 aromatic carbocycles. The molecule has 3 aromatic rings. The number of carbonyl (C=O) groups is 2. The molecule has 2 aliphatic rings. The Bertz CT molecular complexity index is 1050. The minimum Gasteiger partial charge on any atom is -0.295 e. The van der Waals surface area contributed by atoms with Gasteiger partial charge in [0.05, 0.1) is 11.5 Å². The fraction of sp³-hybridized carbons (Fsp3) is 0.231. The van der Waals surface area contributed by atoms with Crippen LogP contribution in [0.25, 0.3) is 0 Å². The number of amides is 2. The molecule has 2 aliphatic heterocycles. The summed E-state index contributed by atoms with van der Waals surface area (Å²) in [5, 5.41) is -0.0735. The van der Waals surface area contributed by atoms with Crippen LogP contribution in [0.3, 0.4) is 0 Å². The minimum atomic E-state index is -0.0367. The van der Waals surface area contributed by atoms with Gasteiger partial charge in [-0.25, -0.2) is 0 Å². The van der Waals surface area contributed by atoms with Crippen LogP contribution in [-0.2, 0) is 9.59 Å². The number of hydrogen-bond donors (Lipinski definition) is 0. The van der Waals surface area contributed by atoms with E-state index in [9.17, 15) is 9.59 Å². The number of thioether (sulfide) groups is 2. The molecule has 2 saturated heterocycles. The first-order valence-electron chi connectivity index (χ1n) is 10.6. The standard InChI is InChI=1S/C26H24N2O2S2/c1-17-3-11-21(12-4-17)27-23(29)15-31-25(27)19-7-9-20(10-8-19)26-28(24(30)16-32-26)22-13-5-18(2)6-14-22/h3-14,25-26H,15-16H2,1-2H3/t25-,26-/m0/s1. The summed E-state index contributed by atoms with van der Waals surface area (Å²) in [7, 11) is 0. The summed E-state index contributed by atoms with van der Waals surface area (Å²) in [6.07, 6.45) is 0. The van der Waals surface area contributed by atoms with Crippen molar-refractivity contribution in [3.8, 4) is 0 Å². The fourth-order valence-electron chi connectivity index (χ4n) is 4.14. The highest BCUT2D eigenvalue weighted by molar-refractivity contribution is 8.01. The average Bonchev–Trinajstić information content (AvgIpc) is 3.38. The Balaban J connectivity index is 1.41. The van der Waals surface area contributed by atoms with Crippen LogP contribution < -0.4 is 9.80 Å². The molecule has 2 heterocycles. The first-order valence-corrected chi connectivity index (χ1v) is 12.7. The third-order valence-corrected chi connectivity index (χ3v) is 8.29. The van der Waals surface area contributed by atoms with E-state index in [2.05, 4.69) is 24.3 Å². The zero-order valence-electron chi connectivity index (χ0n) is 18.0. The Kier molecular flexibility index (Phi) is 5.74. The van der Waals surface area contributed by atoms with Gasteiger partial charge >= 0.3 is 0 Å². The van der Waals surface area contributed by atoms with Crippen molar-refractivity contribution in [1.82, 2.24) is 0 Å². The maximum Gasteiger partial charge on any atom is 0.238 e. The molecule has 0 spiro atoms. The highest BCUT2D eigenvalue weighted by atomic mass is 32.2. The van der Waals surface area contributed by atoms with Gasteiger partial charge < -0.3 is 0 Å². The summed E-state index contributed by atoms with van der Waals surface area (Å²) in [5.74, 6) is 1.23. The van der Waals surface area contributed by atoms with E-state index in [0.717, 1.165) is 22.5 Å². The first kappa shape index (κ1) is 21.2. The van der Waals surface area contributed by atoms with Crippen LogP contribution in [0.4, 0.5) is 11.4 Å². The van der Waals surface area contributed by atoms with Crippen LogP contribution in [0.2, 0.25) is 0 Å². The highest BCUT2D eigenvalue weighted by Gasteiger charge is 2.36. The molecule has 0 unspecified atom stereocenters. The van der Waals surface area contributed by atoms with Crippen molar-refractivity contribution in [3.05, 3.63) is 95.1 Å². The molecule has 6 heteroatoms. The number of aryl methyl sites for hydroxylation is 2. The van der Waals surface area contributed by atoms with Crippen molar-refractivity contribution < 1.29 is 9.59 Å². The van der Waals surface area contributed by atoms with E-state index >= 15 is 0 Å². The van der Waals surface area contributed by atoms with E-state index in [1.54, 1.807) is 23.5 Å². The average molecular weight is 461 g/mol. The molecule has 2 fully saturated rings. The Morgan fingerprint density at radius 1 is 0.594 bits per heavy atom. The largest absolute Gasteiger partial charge is 0.295 e. The molecule has 162 valence electrons. The Hall–Kier alpha value is -2.70. The van der Waals surface area contributed by atoms with E-state index in [1.165, 1.54) is 11.1 Å². The van der Waals surface area contributed by atoms with Gasteiger partial charge in [0.1, 0.15) is 10.7 Å². The molecule has 0 saturated carbocycles. The summed E-state index contributed by atoms with van der Waals surface area (Å²) in [6.45, 7) is 4.10. The predicted octanol–water partition coefficient (Wildman–Crippen LogP) is 5.86. The lowest BCUT2D eigenvalue weighted by Gasteiger charge is -2.26. The van der Waals surface area contributed by atoms with Crippen molar-refractivity contribution in [2.75, 3.05) is 21.3 Å². The van der Waals surface area contributed by atoms with Gasteiger partial charge in [0.15, 0.2) is 0 Å². The van der Waals surface area contributed by atoms with E-state index in [0.29, 0.717) is 11.5 Å². The number of carbonyl (C=O) groups excluding carboxylic acids is 2. The van der Waals surface area contributed by atoms with Gasteiger partial charge in [-0.2, -0.15) is 0 Å². The zero-order chi connectivity index (χ0) is 22.2. The van der Waals surface area contributed by atoms with Gasteiger partial charge in [0.25, 0.3) is 0 Å². The lowest BCUT2D eigenvalue weighted by atomic mass is 10.1. The topological polar surface area (TPSA) is 40.6 Å². The molecule has 0 radical (unpaired) electrons. The second-order valence-electron chi connectivity index (χ2n) is 8.19. The predicted molar refractivity (Wildman–Crippen MR) is 134 cm³/mol. The molecule has 2 atom stereocenters. The molecule has 4 nitrogen and oxygen atoms in total. The molecule has 0 N–H and O–H groups in total. The normalized spacial score (nSPS) is 20.9. The van der Waals surface area contributed by atoms with Gasteiger partial charge in [-0.3, -0.25) is 19.4 Å². The summed E-state index contributed by atoms with van der Waals surface area (Å²) >= 11 is 3.31. The van der Waals surface area contributed by atoms with E-state index in [4.69, 9.17) is 0 Å². The second kappa shape index (κ2) is 8.68. The Morgan fingerprint density at radius 3 is 1.28 bits per heavy atom. The summed E-state index contributed by atoms with van der Waals surface area (Å²) in [5.41, 5.74) is 6.42. The van der Waals surface area contributed by atoms with Crippen LogP contribution in [0.1, 0.15) is 33.0 Å². The second-order valence-corrected chi connectivity index (χ2v) is 10.3. The third-order valence-electron chi connectivity index (χ3n) is 5.87. The Morgan fingerprint density at radius 2 is 0.938 bits per heavy atom. The molecule has 2 amide bonds. The molecular formula is C26H24N2O2S2. The van der Waals surface area contributed by atoms with Crippen molar-refractivity contribution in [2.45, 2.75) is 24.6 Å². The zero-order valence-corrected chi connectivity index (χ0v) is 19.7. The van der Waals surface area contributed by atoms with Gasteiger partial charge in [0.2, 0.25) is 11.8 Å². The van der Waals surface area contributed by atoms with Crippen LogP contribution >= 0.6 is 23.5 Å². The van der Waals surface area contributed by atoms with Crippen molar-refractivity contribution in [3.63, 3.8) is 0 Å². The van der Waals surface area contributed by atoms with Crippen LogP contribution in [0.5, 0.6) is 0 Å². The maximum absolute atomic E-state index is 12.6. The van der Waals surface area contributed by atoms with Gasteiger partial charge in [-0.05, 0) is 49.2 Å². The lowest BCUT2D eigenvalue weighted by molar-refractivity contribution is -0.116. The monoisotopic (exact) mass is 460 g/mol. The van der Waals surface area contributed by atoms with E-state index in [-0.39, 0.29) is 22.6 Å². The molecule has 5 rings (SSSR count). The van der Waals surface area contributed by atoms with Crippen molar-refractivity contribution >= 4 is 46.7 Å².